The molecule has 1 fully saturated rings. The molecule has 0 heterocycles. The fourth-order valence-corrected chi connectivity index (χ4v) is 4.86. The minimum absolute atomic E-state index is 0.104. The van der Waals surface area contributed by atoms with Crippen LogP contribution in [0.15, 0.2) is 69.6 Å². The summed E-state index contributed by atoms with van der Waals surface area (Å²) in [5.41, 5.74) is 1.44. The minimum atomic E-state index is -0.366. The molecule has 2 N–H and O–H groups in total. The van der Waals surface area contributed by atoms with Gasteiger partial charge in [0.2, 0.25) is 11.8 Å². The van der Waals surface area contributed by atoms with Crippen molar-refractivity contribution in [1.82, 2.24) is 0 Å². The van der Waals surface area contributed by atoms with Crippen molar-refractivity contribution in [3.8, 4) is 0 Å². The van der Waals surface area contributed by atoms with Crippen LogP contribution in [0.4, 0.5) is 11.4 Å². The van der Waals surface area contributed by atoms with Crippen molar-refractivity contribution in [1.29, 1.82) is 0 Å². The molecule has 0 saturated heterocycles. The normalized spacial score (nSPS) is 25.4. The molecule has 2 aliphatic rings. The standard InChI is InChI=1S/C21H18Br2N2O2/c22-14-5-1-3-7-16(14)24-20(26)18-12-9-10-13(11-12)19(18)21(27)25-17-8-4-2-6-15(17)23/h1-10,12-13,18-19H,11H2,(H,24,26)(H,25,27)/t12-,13+,18-,19-/m0/s1. The maximum atomic E-state index is 13.0. The van der Waals surface area contributed by atoms with E-state index in [1.807, 2.05) is 48.5 Å². The Balaban J connectivity index is 1.55. The molecule has 4 atom stereocenters. The predicted molar refractivity (Wildman–Crippen MR) is 113 cm³/mol. The van der Waals surface area contributed by atoms with Gasteiger partial charge in [0.05, 0.1) is 23.2 Å². The number of anilines is 2. The molecule has 4 nitrogen and oxygen atoms in total. The maximum absolute atomic E-state index is 13.0. The molecule has 2 aromatic rings. The van der Waals surface area contributed by atoms with Gasteiger partial charge in [-0.15, -0.1) is 0 Å². The summed E-state index contributed by atoms with van der Waals surface area (Å²) in [4.78, 5) is 26.1. The Hall–Kier alpha value is -1.92. The lowest BCUT2D eigenvalue weighted by molar-refractivity contribution is -0.129. The second-order valence-corrected chi connectivity index (χ2v) is 8.65. The molecule has 2 aromatic carbocycles. The molecule has 1 saturated carbocycles. The summed E-state index contributed by atoms with van der Waals surface area (Å²) in [5, 5.41) is 5.98. The van der Waals surface area contributed by atoms with Gasteiger partial charge < -0.3 is 10.6 Å². The number of fused-ring (bicyclic) bond motifs is 2. The van der Waals surface area contributed by atoms with Crippen LogP contribution in [0.25, 0.3) is 0 Å². The molecule has 0 aliphatic heterocycles. The van der Waals surface area contributed by atoms with Crippen LogP contribution in [0.2, 0.25) is 0 Å². The SMILES string of the molecule is O=C(Nc1ccccc1Br)[C@@H]1[C@@H](C(=O)Nc2ccccc2Br)[C@H]2C=C[C@@H]1C2. The smallest absolute Gasteiger partial charge is 0.228 e. The van der Waals surface area contributed by atoms with E-state index in [0.717, 1.165) is 26.7 Å². The third-order valence-electron chi connectivity index (χ3n) is 5.33. The van der Waals surface area contributed by atoms with Crippen LogP contribution < -0.4 is 10.6 Å². The monoisotopic (exact) mass is 488 g/mol. The molecule has 2 bridgehead atoms. The van der Waals surface area contributed by atoms with Gasteiger partial charge in [0, 0.05) is 8.95 Å². The van der Waals surface area contributed by atoms with E-state index in [1.54, 1.807) is 0 Å². The second-order valence-electron chi connectivity index (χ2n) is 6.94. The van der Waals surface area contributed by atoms with Gasteiger partial charge in [0.25, 0.3) is 0 Å². The molecule has 0 spiro atoms. The highest BCUT2D eigenvalue weighted by Crippen LogP contribution is 2.49. The number of hydrogen-bond donors (Lipinski definition) is 2. The summed E-state index contributed by atoms with van der Waals surface area (Å²) < 4.78 is 1.65. The molecule has 0 unspecified atom stereocenters. The summed E-state index contributed by atoms with van der Waals surface area (Å²) in [6, 6.07) is 15.0. The van der Waals surface area contributed by atoms with Crippen molar-refractivity contribution in [2.24, 2.45) is 23.7 Å². The fraction of sp³-hybridized carbons (Fsp3) is 0.238. The Labute approximate surface area is 174 Å². The van der Waals surface area contributed by atoms with Crippen LogP contribution in [0.3, 0.4) is 0 Å². The molecule has 0 radical (unpaired) electrons. The maximum Gasteiger partial charge on any atom is 0.228 e. The first-order valence-electron chi connectivity index (χ1n) is 8.83. The molecule has 2 amide bonds. The molecular formula is C21H18Br2N2O2. The quantitative estimate of drug-likeness (QED) is 0.578. The molecular weight excluding hydrogens is 472 g/mol. The van der Waals surface area contributed by atoms with Crippen molar-refractivity contribution in [2.45, 2.75) is 6.42 Å². The summed E-state index contributed by atoms with van der Waals surface area (Å²) in [5.74, 6) is -0.735. The number of halogens is 2. The number of hydrogen-bond acceptors (Lipinski definition) is 2. The van der Waals surface area contributed by atoms with Crippen molar-refractivity contribution < 1.29 is 9.59 Å². The predicted octanol–water partition coefficient (Wildman–Crippen LogP) is 5.23. The molecule has 6 heteroatoms. The van der Waals surface area contributed by atoms with E-state index < -0.39 is 0 Å². The number of rotatable bonds is 4. The zero-order valence-electron chi connectivity index (χ0n) is 14.4. The van der Waals surface area contributed by atoms with Crippen LogP contribution in [-0.2, 0) is 9.59 Å². The van der Waals surface area contributed by atoms with Gasteiger partial charge in [-0.2, -0.15) is 0 Å². The first-order valence-corrected chi connectivity index (χ1v) is 10.4. The Morgan fingerprint density at radius 3 is 1.56 bits per heavy atom. The van der Waals surface area contributed by atoms with Gasteiger partial charge in [0.1, 0.15) is 0 Å². The summed E-state index contributed by atoms with van der Waals surface area (Å²) in [6.45, 7) is 0. The van der Waals surface area contributed by atoms with E-state index >= 15 is 0 Å². The van der Waals surface area contributed by atoms with Crippen LogP contribution in [0, 0.1) is 23.7 Å². The number of amides is 2. The average Bonchev–Trinajstić information content (AvgIpc) is 3.27. The molecule has 4 rings (SSSR count). The lowest BCUT2D eigenvalue weighted by Crippen LogP contribution is -2.39. The van der Waals surface area contributed by atoms with Crippen molar-refractivity contribution in [3.05, 3.63) is 69.6 Å². The number of carbonyl (C=O) groups is 2. The van der Waals surface area contributed by atoms with E-state index in [-0.39, 0.29) is 35.5 Å². The zero-order chi connectivity index (χ0) is 19.0. The third kappa shape index (κ3) is 3.60. The first kappa shape index (κ1) is 18.4. The van der Waals surface area contributed by atoms with E-state index in [4.69, 9.17) is 0 Å². The van der Waals surface area contributed by atoms with Crippen LogP contribution in [-0.4, -0.2) is 11.8 Å². The molecule has 138 valence electrons. The Morgan fingerprint density at radius 2 is 1.15 bits per heavy atom. The number of para-hydroxylation sites is 2. The Morgan fingerprint density at radius 1 is 0.741 bits per heavy atom. The van der Waals surface area contributed by atoms with Crippen LogP contribution in [0.1, 0.15) is 6.42 Å². The van der Waals surface area contributed by atoms with Gasteiger partial charge in [-0.05, 0) is 74.4 Å². The lowest BCUT2D eigenvalue weighted by atomic mass is 9.81. The number of benzene rings is 2. The fourth-order valence-electron chi connectivity index (χ4n) is 4.09. The highest BCUT2D eigenvalue weighted by molar-refractivity contribution is 9.11. The topological polar surface area (TPSA) is 58.2 Å². The number of carbonyl (C=O) groups excluding carboxylic acids is 2. The molecule has 27 heavy (non-hydrogen) atoms. The lowest BCUT2D eigenvalue weighted by Gasteiger charge is -2.26. The van der Waals surface area contributed by atoms with Gasteiger partial charge in [0.15, 0.2) is 0 Å². The summed E-state index contributed by atoms with van der Waals surface area (Å²) in [6.07, 6.45) is 5.01. The Bertz CT molecular complexity index is 854. The van der Waals surface area contributed by atoms with Gasteiger partial charge in [-0.25, -0.2) is 0 Å². The highest BCUT2D eigenvalue weighted by Gasteiger charge is 2.51. The van der Waals surface area contributed by atoms with E-state index in [2.05, 4.69) is 54.6 Å². The van der Waals surface area contributed by atoms with Crippen molar-refractivity contribution in [3.63, 3.8) is 0 Å². The van der Waals surface area contributed by atoms with Gasteiger partial charge in [-0.3, -0.25) is 9.59 Å². The van der Waals surface area contributed by atoms with E-state index in [0.29, 0.717) is 0 Å². The van der Waals surface area contributed by atoms with Crippen LogP contribution in [0.5, 0.6) is 0 Å². The summed E-state index contributed by atoms with van der Waals surface area (Å²) >= 11 is 6.91. The summed E-state index contributed by atoms with van der Waals surface area (Å²) in [7, 11) is 0. The number of allylic oxidation sites excluding steroid dienone is 2. The van der Waals surface area contributed by atoms with Crippen molar-refractivity contribution in [2.75, 3.05) is 10.6 Å². The average molecular weight is 490 g/mol. The zero-order valence-corrected chi connectivity index (χ0v) is 17.5. The second kappa shape index (κ2) is 7.60. The molecule has 2 aliphatic carbocycles. The van der Waals surface area contributed by atoms with E-state index in [1.165, 1.54) is 0 Å². The highest BCUT2D eigenvalue weighted by atomic mass is 79.9. The van der Waals surface area contributed by atoms with E-state index in [9.17, 15) is 9.59 Å². The Kier molecular flexibility index (Phi) is 5.19. The third-order valence-corrected chi connectivity index (χ3v) is 6.71. The van der Waals surface area contributed by atoms with Crippen LogP contribution >= 0.6 is 31.9 Å². The van der Waals surface area contributed by atoms with Gasteiger partial charge >= 0.3 is 0 Å². The molecule has 0 aromatic heterocycles. The number of nitrogens with one attached hydrogen (secondary N) is 2. The first-order chi connectivity index (χ1) is 13.0. The minimum Gasteiger partial charge on any atom is -0.325 e. The largest absolute Gasteiger partial charge is 0.325 e. The van der Waals surface area contributed by atoms with Crippen molar-refractivity contribution >= 4 is 55.0 Å². The van der Waals surface area contributed by atoms with Gasteiger partial charge in [-0.1, -0.05) is 36.4 Å².